The topological polar surface area (TPSA) is 61.4 Å². The number of anilines is 2. The Kier molecular flexibility index (Phi) is 6.72. The van der Waals surface area contributed by atoms with Crippen molar-refractivity contribution in [3.63, 3.8) is 0 Å². The molecule has 1 heterocycles. The summed E-state index contributed by atoms with van der Waals surface area (Å²) in [5, 5.41) is 6.68. The van der Waals surface area contributed by atoms with Gasteiger partial charge in [-0.15, -0.1) is 0 Å². The molecule has 7 heteroatoms. The van der Waals surface area contributed by atoms with E-state index in [4.69, 9.17) is 23.2 Å². The van der Waals surface area contributed by atoms with Crippen LogP contribution in [-0.2, 0) is 9.59 Å². The van der Waals surface area contributed by atoms with E-state index in [1.54, 1.807) is 18.2 Å². The number of amides is 2. The van der Waals surface area contributed by atoms with Gasteiger partial charge < -0.3 is 10.6 Å². The van der Waals surface area contributed by atoms with Crippen molar-refractivity contribution >= 4 is 46.4 Å². The van der Waals surface area contributed by atoms with Crippen molar-refractivity contribution in [2.75, 3.05) is 30.3 Å². The van der Waals surface area contributed by atoms with E-state index in [9.17, 15) is 9.59 Å². The molecule has 1 atom stereocenters. The second-order valence-corrected chi connectivity index (χ2v) is 7.51. The molecule has 1 saturated heterocycles. The fourth-order valence-electron chi connectivity index (χ4n) is 3.21. The lowest BCUT2D eigenvalue weighted by molar-refractivity contribution is -0.123. The quantitative estimate of drug-likeness (QED) is 0.779. The van der Waals surface area contributed by atoms with Crippen LogP contribution in [0.15, 0.2) is 48.5 Å². The van der Waals surface area contributed by atoms with Gasteiger partial charge >= 0.3 is 0 Å². The first kappa shape index (κ1) is 19.7. The van der Waals surface area contributed by atoms with Gasteiger partial charge in [0.05, 0.1) is 12.5 Å². The number of carbonyl (C=O) groups excluding carboxylic acids is 2. The van der Waals surface area contributed by atoms with Gasteiger partial charge in [-0.05, 0) is 49.7 Å². The van der Waals surface area contributed by atoms with Crippen molar-refractivity contribution < 1.29 is 9.59 Å². The van der Waals surface area contributed by atoms with Gasteiger partial charge in [0.2, 0.25) is 11.8 Å². The predicted octanol–water partition coefficient (Wildman–Crippen LogP) is 4.28. The first-order chi connectivity index (χ1) is 13.0. The van der Waals surface area contributed by atoms with Gasteiger partial charge in [0.15, 0.2) is 0 Å². The van der Waals surface area contributed by atoms with Gasteiger partial charge in [-0.25, -0.2) is 0 Å². The van der Waals surface area contributed by atoms with Crippen molar-refractivity contribution in [3.05, 3.63) is 58.6 Å². The molecule has 0 aromatic heterocycles. The Morgan fingerprint density at radius 3 is 2.41 bits per heavy atom. The number of rotatable bonds is 5. The fourth-order valence-corrected chi connectivity index (χ4v) is 3.73. The standard InChI is InChI=1S/C20H21Cl2N3O2/c21-15-9-16(22)11-18(10-15)23-19(26)13-25-8-4-5-14(12-25)20(27)24-17-6-2-1-3-7-17/h1-3,6-7,9-11,14H,4-5,8,12-13H2,(H,23,26)(H,24,27)/t14-/m0/s1. The first-order valence-electron chi connectivity index (χ1n) is 8.84. The van der Waals surface area contributed by atoms with Crippen molar-refractivity contribution in [1.29, 1.82) is 0 Å². The number of hydrogen-bond donors (Lipinski definition) is 2. The molecule has 27 heavy (non-hydrogen) atoms. The van der Waals surface area contributed by atoms with Crippen LogP contribution in [0.25, 0.3) is 0 Å². The minimum Gasteiger partial charge on any atom is -0.326 e. The third-order valence-electron chi connectivity index (χ3n) is 4.43. The largest absolute Gasteiger partial charge is 0.326 e. The lowest BCUT2D eigenvalue weighted by atomic mass is 9.97. The number of para-hydroxylation sites is 1. The van der Waals surface area contributed by atoms with Gasteiger partial charge in [0.1, 0.15) is 0 Å². The molecule has 2 aromatic rings. The molecule has 1 aliphatic rings. The molecule has 2 N–H and O–H groups in total. The highest BCUT2D eigenvalue weighted by Gasteiger charge is 2.27. The zero-order valence-corrected chi connectivity index (χ0v) is 16.3. The summed E-state index contributed by atoms with van der Waals surface area (Å²) < 4.78 is 0. The second kappa shape index (κ2) is 9.22. The van der Waals surface area contributed by atoms with E-state index < -0.39 is 0 Å². The third kappa shape index (κ3) is 5.96. The molecule has 1 fully saturated rings. The number of nitrogens with zero attached hydrogens (tertiary/aromatic N) is 1. The van der Waals surface area contributed by atoms with E-state index in [1.165, 1.54) is 0 Å². The predicted molar refractivity (Wildman–Crippen MR) is 109 cm³/mol. The minimum atomic E-state index is -0.155. The molecule has 1 aliphatic heterocycles. The second-order valence-electron chi connectivity index (χ2n) is 6.64. The van der Waals surface area contributed by atoms with Crippen LogP contribution in [0.4, 0.5) is 11.4 Å². The van der Waals surface area contributed by atoms with E-state index >= 15 is 0 Å². The van der Waals surface area contributed by atoms with Gasteiger partial charge in [0, 0.05) is 28.0 Å². The molecular formula is C20H21Cl2N3O2. The molecule has 0 spiro atoms. The van der Waals surface area contributed by atoms with E-state index in [0.717, 1.165) is 25.1 Å². The Labute approximate surface area is 168 Å². The van der Waals surface area contributed by atoms with E-state index in [0.29, 0.717) is 22.3 Å². The maximum Gasteiger partial charge on any atom is 0.238 e. The maximum atomic E-state index is 12.5. The van der Waals surface area contributed by atoms with Crippen LogP contribution in [0.1, 0.15) is 12.8 Å². The van der Waals surface area contributed by atoms with Crippen LogP contribution < -0.4 is 10.6 Å². The normalized spacial score (nSPS) is 17.3. The number of halogens is 2. The lowest BCUT2D eigenvalue weighted by Gasteiger charge is -2.31. The van der Waals surface area contributed by atoms with Crippen LogP contribution in [0, 0.1) is 5.92 Å². The van der Waals surface area contributed by atoms with Crippen LogP contribution in [-0.4, -0.2) is 36.3 Å². The minimum absolute atomic E-state index is 0.00655. The molecule has 142 valence electrons. The molecule has 0 saturated carbocycles. The molecular weight excluding hydrogens is 385 g/mol. The number of carbonyl (C=O) groups is 2. The van der Waals surface area contributed by atoms with E-state index in [2.05, 4.69) is 10.6 Å². The number of nitrogens with one attached hydrogen (secondary N) is 2. The maximum absolute atomic E-state index is 12.5. The highest BCUT2D eigenvalue weighted by Crippen LogP contribution is 2.23. The SMILES string of the molecule is O=C(CN1CCC[C@H](C(=O)Nc2ccccc2)C1)Nc1cc(Cl)cc(Cl)c1. The molecule has 0 aliphatic carbocycles. The Balaban J connectivity index is 1.53. The summed E-state index contributed by atoms with van der Waals surface area (Å²) in [6, 6.07) is 14.3. The molecule has 5 nitrogen and oxygen atoms in total. The van der Waals surface area contributed by atoms with Crippen molar-refractivity contribution in [3.8, 4) is 0 Å². The molecule has 2 aromatic carbocycles. The van der Waals surface area contributed by atoms with Crippen LogP contribution in [0.5, 0.6) is 0 Å². The molecule has 0 bridgehead atoms. The fraction of sp³-hybridized carbons (Fsp3) is 0.300. The van der Waals surface area contributed by atoms with Crippen LogP contribution in [0.2, 0.25) is 10.0 Å². The Bertz CT molecular complexity index is 794. The lowest BCUT2D eigenvalue weighted by Crippen LogP contribution is -2.43. The summed E-state index contributed by atoms with van der Waals surface area (Å²) in [5.41, 5.74) is 1.35. The summed E-state index contributed by atoms with van der Waals surface area (Å²) in [7, 11) is 0. The average molecular weight is 406 g/mol. The average Bonchev–Trinajstić information content (AvgIpc) is 2.61. The molecule has 2 amide bonds. The summed E-state index contributed by atoms with van der Waals surface area (Å²) in [6.45, 7) is 1.57. The van der Waals surface area contributed by atoms with Crippen LogP contribution >= 0.6 is 23.2 Å². The molecule has 3 rings (SSSR count). The Hall–Kier alpha value is -2.08. The monoisotopic (exact) mass is 405 g/mol. The van der Waals surface area contributed by atoms with Crippen molar-refractivity contribution in [2.45, 2.75) is 12.8 Å². The number of benzene rings is 2. The van der Waals surface area contributed by atoms with Gasteiger partial charge in [-0.1, -0.05) is 41.4 Å². The number of hydrogen-bond acceptors (Lipinski definition) is 3. The molecule has 0 unspecified atom stereocenters. The zero-order chi connectivity index (χ0) is 19.2. The zero-order valence-electron chi connectivity index (χ0n) is 14.8. The smallest absolute Gasteiger partial charge is 0.238 e. The van der Waals surface area contributed by atoms with E-state index in [1.807, 2.05) is 35.2 Å². The summed E-state index contributed by atoms with van der Waals surface area (Å²) in [6.07, 6.45) is 1.70. The Morgan fingerprint density at radius 1 is 1.00 bits per heavy atom. The number of likely N-dealkylation sites (tertiary alicyclic amines) is 1. The van der Waals surface area contributed by atoms with Crippen molar-refractivity contribution in [1.82, 2.24) is 4.90 Å². The van der Waals surface area contributed by atoms with Gasteiger partial charge in [-0.2, -0.15) is 0 Å². The third-order valence-corrected chi connectivity index (χ3v) is 4.87. The van der Waals surface area contributed by atoms with Gasteiger partial charge in [0.25, 0.3) is 0 Å². The highest BCUT2D eigenvalue weighted by atomic mass is 35.5. The number of piperidine rings is 1. The van der Waals surface area contributed by atoms with Crippen molar-refractivity contribution in [2.24, 2.45) is 5.92 Å². The summed E-state index contributed by atoms with van der Waals surface area (Å²) in [5.74, 6) is -0.294. The molecule has 0 radical (unpaired) electrons. The Morgan fingerprint density at radius 2 is 1.70 bits per heavy atom. The first-order valence-corrected chi connectivity index (χ1v) is 9.59. The summed E-state index contributed by atoms with van der Waals surface area (Å²) >= 11 is 11.9. The van der Waals surface area contributed by atoms with E-state index in [-0.39, 0.29) is 24.3 Å². The summed E-state index contributed by atoms with van der Waals surface area (Å²) in [4.78, 5) is 26.8. The highest BCUT2D eigenvalue weighted by molar-refractivity contribution is 6.35. The van der Waals surface area contributed by atoms with Crippen LogP contribution in [0.3, 0.4) is 0 Å². The van der Waals surface area contributed by atoms with Gasteiger partial charge in [-0.3, -0.25) is 14.5 Å².